The van der Waals surface area contributed by atoms with Gasteiger partial charge >= 0.3 is 0 Å². The molecule has 0 fully saturated rings. The first-order valence-electron chi connectivity index (χ1n) is 6.26. The smallest absolute Gasteiger partial charge is 0.271 e. The Morgan fingerprint density at radius 1 is 1.43 bits per heavy atom. The molecule has 0 unspecified atom stereocenters. The Hall–Kier alpha value is -1.71. The summed E-state index contributed by atoms with van der Waals surface area (Å²) in [7, 11) is -3.86. The normalized spacial score (nSPS) is 12.3. The molecule has 1 rings (SSSR count). The van der Waals surface area contributed by atoms with Gasteiger partial charge in [0.15, 0.2) is 0 Å². The summed E-state index contributed by atoms with van der Waals surface area (Å²) < 4.78 is 32.1. The number of nitro groups is 1. The molecule has 0 aliphatic heterocycles. The van der Waals surface area contributed by atoms with Crippen molar-refractivity contribution in [2.24, 2.45) is 0 Å². The maximum Gasteiger partial charge on any atom is 0.271 e. The van der Waals surface area contributed by atoms with Crippen LogP contribution in [-0.2, 0) is 14.8 Å². The molecular weight excluding hydrogens is 298 g/mol. The third-order valence-corrected chi connectivity index (χ3v) is 4.19. The number of nitrogen functional groups attached to an aromatic ring is 1. The lowest BCUT2D eigenvalue weighted by atomic mass is 10.1. The molecule has 1 aromatic carbocycles. The SMILES string of the molecule is CCOC(C)(C)CNS(=O)(=O)c1ccc([N+](=O)[O-])cc1N. The van der Waals surface area contributed by atoms with Crippen molar-refractivity contribution in [1.82, 2.24) is 4.72 Å². The van der Waals surface area contributed by atoms with E-state index in [1.54, 1.807) is 13.8 Å². The third kappa shape index (κ3) is 4.66. The van der Waals surface area contributed by atoms with Gasteiger partial charge in [-0.15, -0.1) is 0 Å². The van der Waals surface area contributed by atoms with Crippen LogP contribution in [0.5, 0.6) is 0 Å². The number of nitrogens with two attached hydrogens (primary N) is 1. The van der Waals surface area contributed by atoms with Gasteiger partial charge in [-0.05, 0) is 26.8 Å². The number of non-ortho nitro benzene ring substituents is 1. The minimum atomic E-state index is -3.86. The standard InChI is InChI=1S/C12H19N3O5S/c1-4-20-12(2,3)8-14-21(18,19)11-6-5-9(15(16)17)7-10(11)13/h5-7,14H,4,8,13H2,1-3H3. The summed E-state index contributed by atoms with van der Waals surface area (Å²) in [6, 6.07) is 3.23. The van der Waals surface area contributed by atoms with Crippen LogP contribution in [0.3, 0.4) is 0 Å². The molecule has 0 bridgehead atoms. The lowest BCUT2D eigenvalue weighted by Gasteiger charge is -2.24. The van der Waals surface area contributed by atoms with E-state index in [1.165, 1.54) is 0 Å². The van der Waals surface area contributed by atoms with E-state index >= 15 is 0 Å². The average molecular weight is 317 g/mol. The van der Waals surface area contributed by atoms with Crippen molar-refractivity contribution in [3.8, 4) is 0 Å². The van der Waals surface area contributed by atoms with Crippen molar-refractivity contribution in [3.63, 3.8) is 0 Å². The van der Waals surface area contributed by atoms with Crippen LogP contribution in [0.1, 0.15) is 20.8 Å². The summed E-state index contributed by atoms with van der Waals surface area (Å²) in [5.74, 6) is 0. The lowest BCUT2D eigenvalue weighted by molar-refractivity contribution is -0.384. The average Bonchev–Trinajstić information content (AvgIpc) is 2.36. The van der Waals surface area contributed by atoms with Gasteiger partial charge in [-0.1, -0.05) is 0 Å². The molecule has 0 saturated heterocycles. The summed E-state index contributed by atoms with van der Waals surface area (Å²) in [6.45, 7) is 5.81. The molecule has 0 atom stereocenters. The fraction of sp³-hybridized carbons (Fsp3) is 0.500. The van der Waals surface area contributed by atoms with Crippen molar-refractivity contribution >= 4 is 21.4 Å². The van der Waals surface area contributed by atoms with E-state index in [0.29, 0.717) is 6.61 Å². The highest BCUT2D eigenvalue weighted by Gasteiger charge is 2.24. The molecule has 1 aromatic rings. The molecule has 8 nitrogen and oxygen atoms in total. The predicted molar refractivity (Wildman–Crippen MR) is 78.4 cm³/mol. The molecule has 0 spiro atoms. The van der Waals surface area contributed by atoms with Gasteiger partial charge in [0.25, 0.3) is 5.69 Å². The molecule has 118 valence electrons. The Morgan fingerprint density at radius 2 is 2.05 bits per heavy atom. The van der Waals surface area contributed by atoms with Gasteiger partial charge in [-0.25, -0.2) is 13.1 Å². The second kappa shape index (κ2) is 6.37. The zero-order chi connectivity index (χ0) is 16.3. The Labute approximate surface area is 123 Å². The number of anilines is 1. The zero-order valence-electron chi connectivity index (χ0n) is 12.1. The van der Waals surface area contributed by atoms with Crippen molar-refractivity contribution in [2.45, 2.75) is 31.3 Å². The summed E-state index contributed by atoms with van der Waals surface area (Å²) in [6.07, 6.45) is 0. The molecule has 0 radical (unpaired) electrons. The molecule has 21 heavy (non-hydrogen) atoms. The number of hydrogen-bond donors (Lipinski definition) is 2. The van der Waals surface area contributed by atoms with Gasteiger partial charge < -0.3 is 10.5 Å². The van der Waals surface area contributed by atoms with E-state index in [2.05, 4.69) is 4.72 Å². The lowest BCUT2D eigenvalue weighted by Crippen LogP contribution is -2.40. The molecule has 0 heterocycles. The minimum Gasteiger partial charge on any atom is -0.397 e. The van der Waals surface area contributed by atoms with Crippen molar-refractivity contribution < 1.29 is 18.1 Å². The number of rotatable bonds is 7. The first-order valence-corrected chi connectivity index (χ1v) is 7.75. The molecule has 3 N–H and O–H groups in total. The van der Waals surface area contributed by atoms with Gasteiger partial charge in [-0.3, -0.25) is 10.1 Å². The Bertz CT molecular complexity index is 628. The number of nitro benzene ring substituents is 1. The van der Waals surface area contributed by atoms with Crippen molar-refractivity contribution in [1.29, 1.82) is 0 Å². The van der Waals surface area contributed by atoms with Gasteiger partial charge in [0, 0.05) is 25.3 Å². The number of sulfonamides is 1. The molecule has 0 amide bonds. The molecule has 0 aromatic heterocycles. The van der Waals surface area contributed by atoms with E-state index in [-0.39, 0.29) is 22.8 Å². The molecule has 0 aliphatic rings. The van der Waals surface area contributed by atoms with Crippen molar-refractivity contribution in [2.75, 3.05) is 18.9 Å². The number of ether oxygens (including phenoxy) is 1. The van der Waals surface area contributed by atoms with Crippen LogP contribution in [0.2, 0.25) is 0 Å². The highest BCUT2D eigenvalue weighted by molar-refractivity contribution is 7.89. The Morgan fingerprint density at radius 3 is 2.52 bits per heavy atom. The summed E-state index contributed by atoms with van der Waals surface area (Å²) >= 11 is 0. The van der Waals surface area contributed by atoms with E-state index in [0.717, 1.165) is 18.2 Å². The van der Waals surface area contributed by atoms with Crippen LogP contribution in [0.25, 0.3) is 0 Å². The summed E-state index contributed by atoms with van der Waals surface area (Å²) in [4.78, 5) is 9.78. The van der Waals surface area contributed by atoms with Crippen molar-refractivity contribution in [3.05, 3.63) is 28.3 Å². The molecular formula is C12H19N3O5S. The van der Waals surface area contributed by atoms with Crippen LogP contribution in [0.15, 0.2) is 23.1 Å². The second-order valence-corrected chi connectivity index (χ2v) is 6.73. The van der Waals surface area contributed by atoms with Crippen LogP contribution in [0, 0.1) is 10.1 Å². The van der Waals surface area contributed by atoms with Gasteiger partial charge in [-0.2, -0.15) is 0 Å². The zero-order valence-corrected chi connectivity index (χ0v) is 12.9. The topological polar surface area (TPSA) is 125 Å². The maximum absolute atomic E-state index is 12.2. The van der Waals surface area contributed by atoms with E-state index in [9.17, 15) is 18.5 Å². The van der Waals surface area contributed by atoms with Gasteiger partial charge in [0.2, 0.25) is 10.0 Å². The fourth-order valence-electron chi connectivity index (χ4n) is 1.68. The minimum absolute atomic E-state index is 0.0552. The largest absolute Gasteiger partial charge is 0.397 e. The van der Waals surface area contributed by atoms with E-state index in [1.807, 2.05) is 6.92 Å². The number of benzene rings is 1. The highest BCUT2D eigenvalue weighted by atomic mass is 32.2. The van der Waals surface area contributed by atoms with Crippen LogP contribution in [0.4, 0.5) is 11.4 Å². The van der Waals surface area contributed by atoms with E-state index < -0.39 is 20.5 Å². The number of nitrogens with zero attached hydrogens (tertiary/aromatic N) is 1. The first-order chi connectivity index (χ1) is 9.59. The van der Waals surface area contributed by atoms with Gasteiger partial charge in [0.1, 0.15) is 4.90 Å². The predicted octanol–water partition coefficient (Wildman–Crippen LogP) is 1.27. The first kappa shape index (κ1) is 17.3. The molecule has 9 heteroatoms. The summed E-state index contributed by atoms with van der Waals surface area (Å²) in [5.41, 5.74) is 4.48. The summed E-state index contributed by atoms with van der Waals surface area (Å²) in [5, 5.41) is 10.6. The quantitative estimate of drug-likeness (QED) is 0.443. The number of nitrogens with one attached hydrogen (secondary N) is 1. The van der Waals surface area contributed by atoms with Crippen LogP contribution < -0.4 is 10.5 Å². The molecule has 0 saturated carbocycles. The third-order valence-electron chi connectivity index (χ3n) is 2.72. The Balaban J connectivity index is 2.96. The molecule has 0 aliphatic carbocycles. The van der Waals surface area contributed by atoms with Gasteiger partial charge in [0.05, 0.1) is 16.2 Å². The Kier molecular flexibility index (Phi) is 5.26. The van der Waals surface area contributed by atoms with Crippen LogP contribution in [-0.4, -0.2) is 32.1 Å². The van der Waals surface area contributed by atoms with Crippen LogP contribution >= 0.6 is 0 Å². The number of hydrogen-bond acceptors (Lipinski definition) is 6. The second-order valence-electron chi connectivity index (χ2n) is 5.00. The highest BCUT2D eigenvalue weighted by Crippen LogP contribution is 2.24. The fourth-order valence-corrected chi connectivity index (χ4v) is 2.99. The maximum atomic E-state index is 12.2. The van der Waals surface area contributed by atoms with E-state index in [4.69, 9.17) is 10.5 Å². The monoisotopic (exact) mass is 317 g/mol.